The lowest BCUT2D eigenvalue weighted by atomic mass is 10.1. The predicted octanol–water partition coefficient (Wildman–Crippen LogP) is -1.56. The lowest BCUT2D eigenvalue weighted by molar-refractivity contribution is -0.0625. The Morgan fingerprint density at radius 2 is 1.10 bits per heavy atom. The molecule has 9 heterocycles. The summed E-state index contributed by atoms with van der Waals surface area (Å²) in [6.07, 6.45) is -5.25. The first-order valence-electron chi connectivity index (χ1n) is 18.2. The summed E-state index contributed by atoms with van der Waals surface area (Å²) >= 11 is 0. The lowest BCUT2D eigenvalue weighted by Gasteiger charge is -2.24. The van der Waals surface area contributed by atoms with Crippen molar-refractivity contribution < 1.29 is 66.5 Å². The number of rotatable bonds is 14. The Morgan fingerprint density at radius 1 is 0.639 bits per heavy atom. The molecule has 0 bridgehead atoms. The Hall–Kier alpha value is -4.97. The monoisotopic (exact) mass is 893 g/mol. The summed E-state index contributed by atoms with van der Waals surface area (Å²) in [4.78, 5) is 58.6. The summed E-state index contributed by atoms with van der Waals surface area (Å²) in [5.41, 5.74) is 19.0. The molecule has 0 aliphatic carbocycles. The Kier molecular flexibility index (Phi) is 10.9. The maximum atomic E-state index is 13.5. The Labute approximate surface area is 340 Å². The molecular weight excluding hydrogens is 856 g/mol. The number of anilines is 3. The van der Waals surface area contributed by atoms with Gasteiger partial charge in [0.05, 0.1) is 51.0 Å². The number of nitrogen functional groups attached to an aromatic ring is 3. The van der Waals surface area contributed by atoms with Gasteiger partial charge in [0, 0.05) is 12.8 Å². The van der Waals surface area contributed by atoms with Crippen LogP contribution in [-0.4, -0.2) is 146 Å². The summed E-state index contributed by atoms with van der Waals surface area (Å²) in [5, 5.41) is 31.6. The highest BCUT2D eigenvalue weighted by Gasteiger charge is 2.50. The second-order valence-corrected chi connectivity index (χ2v) is 16.9. The largest absolute Gasteiger partial charge is 0.472 e. The highest BCUT2D eigenvalue weighted by molar-refractivity contribution is 7.47. The average Bonchev–Trinajstić information content (AvgIpc) is 4.08. The van der Waals surface area contributed by atoms with Crippen LogP contribution in [0, 0.1) is 0 Å². The van der Waals surface area contributed by atoms with Crippen LogP contribution < -0.4 is 17.2 Å². The van der Waals surface area contributed by atoms with Crippen molar-refractivity contribution in [3.8, 4) is 0 Å². The molecule has 9 rings (SSSR count). The molecule has 6 aromatic rings. The minimum atomic E-state index is -5.10. The van der Waals surface area contributed by atoms with Crippen molar-refractivity contribution in [2.75, 3.05) is 37.0 Å². The van der Waals surface area contributed by atoms with Gasteiger partial charge in [0.15, 0.2) is 53.1 Å². The van der Waals surface area contributed by atoms with Gasteiger partial charge in [-0.15, -0.1) is 0 Å². The van der Waals surface area contributed by atoms with Crippen molar-refractivity contribution in [3.63, 3.8) is 0 Å². The number of nitrogens with two attached hydrogens (primary N) is 3. The highest BCUT2D eigenvalue weighted by Crippen LogP contribution is 2.52. The van der Waals surface area contributed by atoms with E-state index in [1.807, 2.05) is 0 Å². The van der Waals surface area contributed by atoms with E-state index < -0.39 is 96.9 Å². The third-order valence-electron chi connectivity index (χ3n) is 10.2. The molecule has 31 heteroatoms. The van der Waals surface area contributed by atoms with Gasteiger partial charge in [-0.1, -0.05) is 0 Å². The molecule has 0 aromatic carbocycles. The predicted molar refractivity (Wildman–Crippen MR) is 201 cm³/mol. The van der Waals surface area contributed by atoms with E-state index in [1.54, 1.807) is 0 Å². The second-order valence-electron chi connectivity index (χ2n) is 14.1. The van der Waals surface area contributed by atoms with Crippen LogP contribution >= 0.6 is 15.6 Å². The molecular formula is C30H37N15O14P2. The zero-order valence-electron chi connectivity index (χ0n) is 31.2. The third kappa shape index (κ3) is 7.89. The van der Waals surface area contributed by atoms with Crippen LogP contribution in [-0.2, 0) is 41.4 Å². The van der Waals surface area contributed by atoms with E-state index in [-0.39, 0.29) is 52.6 Å². The van der Waals surface area contributed by atoms with E-state index >= 15 is 0 Å². The summed E-state index contributed by atoms with van der Waals surface area (Å²) in [6.45, 7) is -1.84. The molecule has 29 nitrogen and oxygen atoms in total. The zero-order valence-corrected chi connectivity index (χ0v) is 33.0. The molecule has 3 saturated heterocycles. The number of phosphoric acid groups is 2. The van der Waals surface area contributed by atoms with Crippen LogP contribution in [0.1, 0.15) is 31.5 Å². The topological polar surface area (TPSA) is 409 Å². The molecule has 12 atom stereocenters. The van der Waals surface area contributed by atoms with Gasteiger partial charge in [0.25, 0.3) is 0 Å². The normalized spacial score (nSPS) is 30.1. The SMILES string of the molecule is Nc1ncnc2c1ncn2C1OC(COP(=O)(O)OC2CC(COP(=O)(O)OC3C(O)C(CO)OC3n3cnc4c(N)ncnc43)OC2n2cnc3c(N)ncnc32)CC1O. The number of nitrogens with zero attached hydrogens (tertiary/aromatic N) is 12. The summed E-state index contributed by atoms with van der Waals surface area (Å²) < 4.78 is 70.6. The summed E-state index contributed by atoms with van der Waals surface area (Å²) in [5.74, 6) is 0.197. The number of aliphatic hydroxyl groups excluding tert-OH is 3. The number of hydrogen-bond donors (Lipinski definition) is 8. The molecule has 0 radical (unpaired) electrons. The molecule has 3 aliphatic rings. The van der Waals surface area contributed by atoms with Crippen molar-refractivity contribution in [2.24, 2.45) is 0 Å². The molecule has 0 saturated carbocycles. The third-order valence-corrected chi connectivity index (χ3v) is 12.2. The van der Waals surface area contributed by atoms with Gasteiger partial charge in [-0.2, -0.15) is 0 Å². The standard InChI is InChI=1S/C30H37N15O14P2/c31-22-17-25(37-6-34-22)43(9-40-17)28-14(47)1-12(55-28)4-53-60(49,50)58-15-2-13(56-29(15)44-10-41-18-23(32)35-7-38-26(18)44)5-54-61(51,52)59-21-20(48)16(3-46)57-30(21)45-11-42-19-24(33)36-8-39-27(19)45/h6-16,20-21,28-30,46-48H,1-5H2,(H,49,50)(H,51,52)(H2,31,34,37)(H2,32,35,38)(H2,33,36,39). The van der Waals surface area contributed by atoms with E-state index in [1.165, 1.54) is 45.3 Å². The number of aromatic nitrogens is 12. The Morgan fingerprint density at radius 3 is 1.62 bits per heavy atom. The first-order valence-corrected chi connectivity index (χ1v) is 21.2. The number of aliphatic hydroxyl groups is 3. The lowest BCUT2D eigenvalue weighted by Crippen LogP contribution is -2.35. The van der Waals surface area contributed by atoms with Gasteiger partial charge in [-0.3, -0.25) is 31.8 Å². The molecule has 0 spiro atoms. The van der Waals surface area contributed by atoms with Crippen molar-refractivity contribution in [3.05, 3.63) is 38.0 Å². The zero-order chi connectivity index (χ0) is 42.8. The van der Waals surface area contributed by atoms with Gasteiger partial charge in [-0.25, -0.2) is 54.0 Å². The fourth-order valence-corrected chi connectivity index (χ4v) is 9.27. The van der Waals surface area contributed by atoms with Crippen LogP contribution in [0.5, 0.6) is 0 Å². The van der Waals surface area contributed by atoms with Crippen LogP contribution in [0.25, 0.3) is 33.5 Å². The summed E-state index contributed by atoms with van der Waals surface area (Å²) in [7, 11) is -10.1. The number of hydrogen-bond acceptors (Lipinski definition) is 24. The Balaban J connectivity index is 0.886. The smallest absolute Gasteiger partial charge is 0.394 e. The molecule has 3 aliphatic heterocycles. The average molecular weight is 894 g/mol. The van der Waals surface area contributed by atoms with Crippen LogP contribution in [0.15, 0.2) is 38.0 Å². The van der Waals surface area contributed by atoms with Gasteiger partial charge < -0.3 is 56.5 Å². The van der Waals surface area contributed by atoms with Gasteiger partial charge in [-0.05, 0) is 0 Å². The van der Waals surface area contributed by atoms with E-state index in [4.69, 9.17) is 49.5 Å². The molecule has 0 amide bonds. The molecule has 3 fully saturated rings. The number of phosphoric ester groups is 2. The van der Waals surface area contributed by atoms with E-state index in [0.717, 1.165) is 6.33 Å². The molecule has 12 unspecified atom stereocenters. The van der Waals surface area contributed by atoms with Gasteiger partial charge in [0.2, 0.25) is 0 Å². The van der Waals surface area contributed by atoms with Gasteiger partial charge >= 0.3 is 15.6 Å². The Bertz CT molecular complexity index is 2670. The maximum Gasteiger partial charge on any atom is 0.472 e. The molecule has 6 aromatic heterocycles. The number of imidazole rings is 3. The van der Waals surface area contributed by atoms with E-state index in [2.05, 4.69) is 44.9 Å². The van der Waals surface area contributed by atoms with Crippen LogP contribution in [0.3, 0.4) is 0 Å². The first kappa shape index (κ1) is 41.4. The van der Waals surface area contributed by atoms with Crippen molar-refractivity contribution in [2.45, 2.75) is 74.3 Å². The fourth-order valence-electron chi connectivity index (χ4n) is 7.37. The molecule has 11 N–H and O–H groups in total. The van der Waals surface area contributed by atoms with Crippen LogP contribution in [0.2, 0.25) is 0 Å². The van der Waals surface area contributed by atoms with Crippen molar-refractivity contribution in [1.82, 2.24) is 58.6 Å². The van der Waals surface area contributed by atoms with Crippen molar-refractivity contribution in [1.29, 1.82) is 0 Å². The van der Waals surface area contributed by atoms with E-state index in [9.17, 15) is 34.2 Å². The number of ether oxygens (including phenoxy) is 3. The first-order chi connectivity index (χ1) is 29.2. The maximum absolute atomic E-state index is 13.5. The minimum Gasteiger partial charge on any atom is -0.394 e. The minimum absolute atomic E-state index is 0.00174. The molecule has 61 heavy (non-hydrogen) atoms. The quantitative estimate of drug-likeness (QED) is 0.0573. The second kappa shape index (κ2) is 16.1. The highest BCUT2D eigenvalue weighted by atomic mass is 31.2. The van der Waals surface area contributed by atoms with Crippen LogP contribution in [0.4, 0.5) is 17.5 Å². The summed E-state index contributed by atoms with van der Waals surface area (Å²) in [6, 6.07) is 0. The van der Waals surface area contributed by atoms with E-state index in [0.29, 0.717) is 11.2 Å². The number of fused-ring (bicyclic) bond motifs is 3. The molecule has 326 valence electrons. The van der Waals surface area contributed by atoms with Crippen molar-refractivity contribution >= 4 is 66.6 Å². The fraction of sp³-hybridized carbons (Fsp3) is 0.500. The van der Waals surface area contributed by atoms with Gasteiger partial charge in [0.1, 0.15) is 66.1 Å².